The Morgan fingerprint density at radius 1 is 1.35 bits per heavy atom. The van der Waals surface area contributed by atoms with Crippen LogP contribution in [0.25, 0.3) is 11.0 Å². The molecule has 0 N–H and O–H groups in total. The monoisotopic (exact) mass is 231 g/mol. The van der Waals surface area contributed by atoms with E-state index in [4.69, 9.17) is 9.47 Å². The van der Waals surface area contributed by atoms with Gasteiger partial charge in [-0.15, -0.1) is 0 Å². The third kappa shape index (κ3) is 1.94. The van der Waals surface area contributed by atoms with Crippen LogP contribution < -0.4 is 0 Å². The molecule has 5 nitrogen and oxygen atoms in total. The predicted molar refractivity (Wildman–Crippen MR) is 62.2 cm³/mol. The predicted octanol–water partition coefficient (Wildman–Crippen LogP) is 1.88. The van der Waals surface area contributed by atoms with E-state index in [1.807, 2.05) is 35.9 Å². The maximum atomic E-state index is 5.62. The molecule has 0 radical (unpaired) electrons. The van der Waals surface area contributed by atoms with Gasteiger partial charge in [0.1, 0.15) is 18.8 Å². The lowest BCUT2D eigenvalue weighted by Crippen LogP contribution is -2.11. The molecule has 0 bridgehead atoms. The van der Waals surface area contributed by atoms with Gasteiger partial charge in [0.05, 0.1) is 6.10 Å². The molecule has 3 rings (SSSR count). The molecule has 17 heavy (non-hydrogen) atoms. The molecule has 2 unspecified atom stereocenters. The van der Waals surface area contributed by atoms with Crippen molar-refractivity contribution >= 4 is 11.0 Å². The third-order valence-corrected chi connectivity index (χ3v) is 2.77. The largest absolute Gasteiger partial charge is 0.348 e. The molecule has 5 heteroatoms. The summed E-state index contributed by atoms with van der Waals surface area (Å²) in [6.07, 6.45) is 9.16. The molecule has 2 aromatic rings. The van der Waals surface area contributed by atoms with E-state index in [9.17, 15) is 0 Å². The van der Waals surface area contributed by atoms with Crippen molar-refractivity contribution in [2.45, 2.75) is 19.3 Å². The molecule has 2 aromatic heterocycles. The Morgan fingerprint density at radius 2 is 2.29 bits per heavy atom. The van der Waals surface area contributed by atoms with Crippen LogP contribution in [0.1, 0.15) is 13.2 Å². The number of aromatic nitrogens is 3. The third-order valence-electron chi connectivity index (χ3n) is 2.77. The first-order valence-corrected chi connectivity index (χ1v) is 5.52. The molecule has 0 saturated heterocycles. The van der Waals surface area contributed by atoms with E-state index in [1.54, 1.807) is 12.5 Å². The van der Waals surface area contributed by atoms with E-state index in [0.717, 1.165) is 11.0 Å². The van der Waals surface area contributed by atoms with Crippen molar-refractivity contribution < 1.29 is 9.47 Å². The van der Waals surface area contributed by atoms with Gasteiger partial charge in [0.15, 0.2) is 6.23 Å². The molecular formula is C12H13N3O2. The van der Waals surface area contributed by atoms with Gasteiger partial charge in [-0.05, 0) is 19.1 Å². The fourth-order valence-electron chi connectivity index (χ4n) is 1.86. The zero-order valence-corrected chi connectivity index (χ0v) is 9.48. The smallest absolute Gasteiger partial charge is 0.157 e. The minimum atomic E-state index is -0.174. The van der Waals surface area contributed by atoms with Crippen molar-refractivity contribution in [1.82, 2.24) is 14.5 Å². The molecule has 0 amide bonds. The fraction of sp³-hybridized carbons (Fsp3) is 0.333. The topological polar surface area (TPSA) is 49.2 Å². The fourth-order valence-corrected chi connectivity index (χ4v) is 1.86. The van der Waals surface area contributed by atoms with E-state index in [2.05, 4.69) is 9.97 Å². The SMILES string of the molecule is CC1C=CC(n2ccc3cncnc32)OCO1. The van der Waals surface area contributed by atoms with Gasteiger partial charge in [0, 0.05) is 17.8 Å². The molecule has 0 aromatic carbocycles. The van der Waals surface area contributed by atoms with Crippen LogP contribution in [0.15, 0.2) is 36.9 Å². The Labute approximate surface area is 98.7 Å². The summed E-state index contributed by atoms with van der Waals surface area (Å²) in [6, 6.07) is 1.97. The summed E-state index contributed by atoms with van der Waals surface area (Å²) in [6.45, 7) is 2.27. The molecule has 2 atom stereocenters. The molecule has 0 saturated carbocycles. The Hall–Kier alpha value is -1.72. The van der Waals surface area contributed by atoms with Crippen molar-refractivity contribution in [2.24, 2.45) is 0 Å². The normalized spacial score (nSPS) is 25.0. The minimum absolute atomic E-state index is 0.0800. The summed E-state index contributed by atoms with van der Waals surface area (Å²) in [5.74, 6) is 0. The number of ether oxygens (including phenoxy) is 2. The van der Waals surface area contributed by atoms with E-state index >= 15 is 0 Å². The second-order valence-electron chi connectivity index (χ2n) is 3.96. The van der Waals surface area contributed by atoms with Gasteiger partial charge in [0.2, 0.25) is 0 Å². The van der Waals surface area contributed by atoms with Crippen LogP contribution in [0.3, 0.4) is 0 Å². The molecule has 0 aliphatic carbocycles. The minimum Gasteiger partial charge on any atom is -0.348 e. The maximum absolute atomic E-state index is 5.62. The van der Waals surface area contributed by atoms with Crippen LogP contribution in [0.2, 0.25) is 0 Å². The summed E-state index contributed by atoms with van der Waals surface area (Å²) in [7, 11) is 0. The van der Waals surface area contributed by atoms with Gasteiger partial charge in [-0.25, -0.2) is 9.97 Å². The first-order valence-electron chi connectivity index (χ1n) is 5.52. The van der Waals surface area contributed by atoms with Crippen molar-refractivity contribution in [2.75, 3.05) is 6.79 Å². The summed E-state index contributed by atoms with van der Waals surface area (Å²) < 4.78 is 13.0. The lowest BCUT2D eigenvalue weighted by atomic mass is 10.3. The highest BCUT2D eigenvalue weighted by Gasteiger charge is 2.15. The second kappa shape index (κ2) is 4.27. The zero-order valence-electron chi connectivity index (χ0n) is 9.48. The average molecular weight is 231 g/mol. The van der Waals surface area contributed by atoms with Crippen LogP contribution in [0.4, 0.5) is 0 Å². The van der Waals surface area contributed by atoms with Crippen LogP contribution in [0, 0.1) is 0 Å². The highest BCUT2D eigenvalue weighted by Crippen LogP contribution is 2.21. The van der Waals surface area contributed by atoms with Gasteiger partial charge in [-0.3, -0.25) is 0 Å². The van der Waals surface area contributed by atoms with Crippen LogP contribution >= 0.6 is 0 Å². The molecule has 1 aliphatic heterocycles. The quantitative estimate of drug-likeness (QED) is 0.703. The Bertz CT molecular complexity index is 549. The second-order valence-corrected chi connectivity index (χ2v) is 3.96. The molecule has 0 spiro atoms. The number of fused-ring (bicyclic) bond motifs is 1. The Kier molecular flexibility index (Phi) is 2.62. The zero-order chi connectivity index (χ0) is 11.7. The maximum Gasteiger partial charge on any atom is 0.157 e. The van der Waals surface area contributed by atoms with Gasteiger partial charge in [-0.1, -0.05) is 6.08 Å². The van der Waals surface area contributed by atoms with Crippen molar-refractivity contribution in [3.8, 4) is 0 Å². The number of hydrogen-bond acceptors (Lipinski definition) is 4. The molecule has 1 aliphatic rings. The molecule has 88 valence electrons. The van der Waals surface area contributed by atoms with E-state index in [0.29, 0.717) is 0 Å². The highest BCUT2D eigenvalue weighted by molar-refractivity contribution is 5.74. The molecular weight excluding hydrogens is 218 g/mol. The van der Waals surface area contributed by atoms with Crippen molar-refractivity contribution in [1.29, 1.82) is 0 Å². The lowest BCUT2D eigenvalue weighted by molar-refractivity contribution is -0.100. The number of nitrogens with zero attached hydrogens (tertiary/aromatic N) is 3. The highest BCUT2D eigenvalue weighted by atomic mass is 16.7. The average Bonchev–Trinajstić information content (AvgIpc) is 2.66. The van der Waals surface area contributed by atoms with E-state index in [-0.39, 0.29) is 19.1 Å². The van der Waals surface area contributed by atoms with E-state index in [1.165, 1.54) is 0 Å². The van der Waals surface area contributed by atoms with E-state index < -0.39 is 0 Å². The summed E-state index contributed by atoms with van der Waals surface area (Å²) in [5.41, 5.74) is 0.865. The number of rotatable bonds is 1. The number of hydrogen-bond donors (Lipinski definition) is 0. The summed E-state index contributed by atoms with van der Waals surface area (Å²) >= 11 is 0. The Balaban J connectivity index is 2.00. The van der Waals surface area contributed by atoms with Crippen molar-refractivity contribution in [3.05, 3.63) is 36.9 Å². The van der Waals surface area contributed by atoms with Gasteiger partial charge in [0.25, 0.3) is 0 Å². The van der Waals surface area contributed by atoms with Gasteiger partial charge >= 0.3 is 0 Å². The van der Waals surface area contributed by atoms with Crippen LogP contribution in [-0.4, -0.2) is 27.4 Å². The molecule has 3 heterocycles. The lowest BCUT2D eigenvalue weighted by Gasteiger charge is -2.14. The summed E-state index contributed by atoms with van der Waals surface area (Å²) in [4.78, 5) is 8.26. The first kappa shape index (κ1) is 10.4. The standard InChI is InChI=1S/C12H13N3O2/c1-9-2-3-11(17-8-16-9)15-5-4-10-6-13-7-14-12(10)15/h2-7,9,11H,8H2,1H3. The van der Waals surface area contributed by atoms with Crippen molar-refractivity contribution in [3.63, 3.8) is 0 Å². The van der Waals surface area contributed by atoms with Gasteiger partial charge < -0.3 is 14.0 Å². The first-order chi connectivity index (χ1) is 8.34. The van der Waals surface area contributed by atoms with Crippen LogP contribution in [0.5, 0.6) is 0 Å². The Morgan fingerprint density at radius 3 is 3.24 bits per heavy atom. The summed E-state index contributed by atoms with van der Waals surface area (Å²) in [5, 5.41) is 1.00. The molecule has 0 fully saturated rings. The van der Waals surface area contributed by atoms with Crippen LogP contribution in [-0.2, 0) is 9.47 Å². The van der Waals surface area contributed by atoms with Gasteiger partial charge in [-0.2, -0.15) is 0 Å².